The summed E-state index contributed by atoms with van der Waals surface area (Å²) in [5.41, 5.74) is 5.15. The lowest BCUT2D eigenvalue weighted by molar-refractivity contribution is 0.313. The number of anilines is 1. The van der Waals surface area contributed by atoms with Crippen molar-refractivity contribution in [3.63, 3.8) is 0 Å². The van der Waals surface area contributed by atoms with Crippen molar-refractivity contribution in [3.05, 3.63) is 49.3 Å². The molecule has 3 heterocycles. The number of rotatable bonds is 3. The van der Waals surface area contributed by atoms with E-state index in [1.807, 2.05) is 6.20 Å². The molecule has 122 valence electrons. The Kier molecular flexibility index (Phi) is 3.96. The van der Waals surface area contributed by atoms with Crippen LogP contribution in [0.2, 0.25) is 0 Å². The van der Waals surface area contributed by atoms with Crippen LogP contribution in [-0.2, 0) is 0 Å². The van der Waals surface area contributed by atoms with Crippen LogP contribution >= 0.6 is 0 Å². The summed E-state index contributed by atoms with van der Waals surface area (Å²) in [5, 5.41) is 0. The van der Waals surface area contributed by atoms with E-state index in [1.165, 1.54) is 5.69 Å². The number of likely N-dealkylation sites (N-methyl/N-ethyl adjacent to an activating group) is 1. The zero-order chi connectivity index (χ0) is 16.4. The number of nitrogens with zero attached hydrogens (tertiary/aromatic N) is 5. The molecule has 0 unspecified atom stereocenters. The van der Waals surface area contributed by atoms with Crippen molar-refractivity contribution in [3.8, 4) is 22.5 Å². The third-order valence-corrected chi connectivity index (χ3v) is 4.51. The molecule has 6 nitrogen and oxygen atoms in total. The summed E-state index contributed by atoms with van der Waals surface area (Å²) in [6, 6.07) is 8.63. The number of imidazole rings is 1. The van der Waals surface area contributed by atoms with Gasteiger partial charge in [0.05, 0.1) is 23.9 Å². The second-order valence-electron chi connectivity index (χ2n) is 6.09. The van der Waals surface area contributed by atoms with E-state index in [9.17, 15) is 0 Å². The Morgan fingerprint density at radius 1 is 0.958 bits per heavy atom. The molecule has 0 amide bonds. The molecule has 24 heavy (non-hydrogen) atoms. The van der Waals surface area contributed by atoms with Gasteiger partial charge >= 0.3 is 0 Å². The second-order valence-corrected chi connectivity index (χ2v) is 6.09. The monoisotopic (exact) mass is 320 g/mol. The Hall–Kier alpha value is -2.73. The second kappa shape index (κ2) is 6.41. The van der Waals surface area contributed by atoms with Crippen LogP contribution in [0.4, 0.5) is 5.69 Å². The SMILES string of the molecule is CN1CCN(c2ccc(-c3ncncc3-c3cnc[nH]3)cc2)CC1. The summed E-state index contributed by atoms with van der Waals surface area (Å²) in [5.74, 6) is 0. The minimum atomic E-state index is 0.916. The van der Waals surface area contributed by atoms with Gasteiger partial charge in [-0.25, -0.2) is 15.0 Å². The predicted molar refractivity (Wildman–Crippen MR) is 94.8 cm³/mol. The van der Waals surface area contributed by atoms with E-state index < -0.39 is 0 Å². The largest absolute Gasteiger partial charge is 0.369 e. The van der Waals surface area contributed by atoms with Gasteiger partial charge in [0.1, 0.15) is 6.33 Å². The van der Waals surface area contributed by atoms with Gasteiger partial charge in [-0.1, -0.05) is 12.1 Å². The topological polar surface area (TPSA) is 60.9 Å². The third kappa shape index (κ3) is 2.88. The molecule has 2 aromatic heterocycles. The highest BCUT2D eigenvalue weighted by atomic mass is 15.2. The molecular formula is C18H20N6. The first-order valence-corrected chi connectivity index (χ1v) is 8.14. The van der Waals surface area contributed by atoms with E-state index in [4.69, 9.17) is 0 Å². The van der Waals surface area contributed by atoms with E-state index in [-0.39, 0.29) is 0 Å². The van der Waals surface area contributed by atoms with Gasteiger partial charge in [-0.2, -0.15) is 0 Å². The van der Waals surface area contributed by atoms with E-state index in [0.717, 1.165) is 48.7 Å². The molecule has 0 atom stereocenters. The maximum Gasteiger partial charge on any atom is 0.116 e. The summed E-state index contributed by atoms with van der Waals surface area (Å²) < 4.78 is 0. The van der Waals surface area contributed by atoms with Crippen molar-refractivity contribution in [2.24, 2.45) is 0 Å². The standard InChI is InChI=1S/C18H20N6/c1-23-6-8-24(9-7-23)15-4-2-14(3-5-15)18-16(10-19-13-22-18)17-11-20-12-21-17/h2-5,10-13H,6-9H2,1H3,(H,20,21). The van der Waals surface area contributed by atoms with Crippen molar-refractivity contribution >= 4 is 5.69 Å². The fourth-order valence-electron chi connectivity index (χ4n) is 3.05. The lowest BCUT2D eigenvalue weighted by Crippen LogP contribution is -2.44. The van der Waals surface area contributed by atoms with Crippen LogP contribution in [0.3, 0.4) is 0 Å². The number of hydrogen-bond acceptors (Lipinski definition) is 5. The van der Waals surface area contributed by atoms with Gasteiger partial charge in [0.15, 0.2) is 0 Å². The third-order valence-electron chi connectivity index (χ3n) is 4.51. The quantitative estimate of drug-likeness (QED) is 0.802. The molecule has 0 radical (unpaired) electrons. The highest BCUT2D eigenvalue weighted by molar-refractivity contribution is 5.78. The van der Waals surface area contributed by atoms with Gasteiger partial charge in [-0.15, -0.1) is 0 Å². The number of aromatic nitrogens is 4. The predicted octanol–water partition coefficient (Wildman–Crippen LogP) is 2.29. The molecule has 0 saturated carbocycles. The van der Waals surface area contributed by atoms with E-state index in [0.29, 0.717) is 0 Å². The first kappa shape index (κ1) is 14.8. The zero-order valence-electron chi connectivity index (χ0n) is 13.7. The molecule has 1 aromatic carbocycles. The maximum atomic E-state index is 4.48. The summed E-state index contributed by atoms with van der Waals surface area (Å²) in [6.45, 7) is 4.36. The molecule has 1 aliphatic rings. The minimum absolute atomic E-state index is 0.916. The average molecular weight is 320 g/mol. The van der Waals surface area contributed by atoms with Gasteiger partial charge in [-0.3, -0.25) is 0 Å². The van der Waals surface area contributed by atoms with E-state index in [1.54, 1.807) is 18.9 Å². The molecule has 1 saturated heterocycles. The Bertz CT molecular complexity index is 789. The van der Waals surface area contributed by atoms with Crippen LogP contribution in [0.1, 0.15) is 0 Å². The molecule has 6 heteroatoms. The van der Waals surface area contributed by atoms with E-state index in [2.05, 4.69) is 61.0 Å². The van der Waals surface area contributed by atoms with Crippen LogP contribution in [-0.4, -0.2) is 58.1 Å². The fourth-order valence-corrected chi connectivity index (χ4v) is 3.05. The number of piperazine rings is 1. The summed E-state index contributed by atoms with van der Waals surface area (Å²) in [6.07, 6.45) is 6.87. The lowest BCUT2D eigenvalue weighted by Gasteiger charge is -2.34. The maximum absolute atomic E-state index is 4.48. The van der Waals surface area contributed by atoms with Gasteiger partial charge in [0.2, 0.25) is 0 Å². The average Bonchev–Trinajstić information content (AvgIpc) is 3.17. The first-order chi connectivity index (χ1) is 11.8. The number of benzene rings is 1. The minimum Gasteiger partial charge on any atom is -0.369 e. The molecule has 1 aliphatic heterocycles. The summed E-state index contributed by atoms with van der Waals surface area (Å²) >= 11 is 0. The highest BCUT2D eigenvalue weighted by Crippen LogP contribution is 2.29. The Labute approximate surface area is 141 Å². The van der Waals surface area contributed by atoms with Gasteiger partial charge in [0, 0.05) is 49.2 Å². The van der Waals surface area contributed by atoms with Crippen molar-refractivity contribution < 1.29 is 0 Å². The first-order valence-electron chi connectivity index (χ1n) is 8.14. The van der Waals surface area contributed by atoms with Crippen LogP contribution in [0, 0.1) is 0 Å². The smallest absolute Gasteiger partial charge is 0.116 e. The number of nitrogens with one attached hydrogen (secondary N) is 1. The number of aromatic amines is 1. The zero-order valence-corrected chi connectivity index (χ0v) is 13.7. The molecule has 3 aromatic rings. The fraction of sp³-hybridized carbons (Fsp3) is 0.278. The van der Waals surface area contributed by atoms with Crippen molar-refractivity contribution in [2.45, 2.75) is 0 Å². The van der Waals surface area contributed by atoms with Crippen LogP contribution < -0.4 is 4.90 Å². The Morgan fingerprint density at radius 2 is 1.75 bits per heavy atom. The molecule has 1 fully saturated rings. The molecular weight excluding hydrogens is 300 g/mol. The number of H-pyrrole nitrogens is 1. The van der Waals surface area contributed by atoms with Crippen molar-refractivity contribution in [2.75, 3.05) is 38.1 Å². The van der Waals surface area contributed by atoms with Gasteiger partial charge < -0.3 is 14.8 Å². The molecule has 0 aliphatic carbocycles. The molecule has 1 N–H and O–H groups in total. The Morgan fingerprint density at radius 3 is 2.46 bits per heavy atom. The van der Waals surface area contributed by atoms with Gasteiger partial charge in [0.25, 0.3) is 0 Å². The summed E-state index contributed by atoms with van der Waals surface area (Å²) in [7, 11) is 2.17. The normalized spacial score (nSPS) is 15.6. The van der Waals surface area contributed by atoms with Crippen LogP contribution in [0.5, 0.6) is 0 Å². The molecule has 0 bridgehead atoms. The number of hydrogen-bond donors (Lipinski definition) is 1. The van der Waals surface area contributed by atoms with Gasteiger partial charge in [-0.05, 0) is 19.2 Å². The summed E-state index contributed by atoms with van der Waals surface area (Å²) in [4.78, 5) is 20.6. The molecule has 4 rings (SSSR count). The van der Waals surface area contributed by atoms with Crippen LogP contribution in [0.25, 0.3) is 22.5 Å². The van der Waals surface area contributed by atoms with Crippen molar-refractivity contribution in [1.29, 1.82) is 0 Å². The van der Waals surface area contributed by atoms with E-state index >= 15 is 0 Å². The lowest BCUT2D eigenvalue weighted by atomic mass is 10.0. The van der Waals surface area contributed by atoms with Crippen molar-refractivity contribution in [1.82, 2.24) is 24.8 Å². The Balaban J connectivity index is 1.62. The highest BCUT2D eigenvalue weighted by Gasteiger charge is 2.15. The van der Waals surface area contributed by atoms with Crippen LogP contribution in [0.15, 0.2) is 49.3 Å². The molecule has 0 spiro atoms.